The van der Waals surface area contributed by atoms with E-state index in [1.807, 2.05) is 19.1 Å². The first-order chi connectivity index (χ1) is 14.5. The number of carbonyl (C=O) groups excluding carboxylic acids is 1. The van der Waals surface area contributed by atoms with Crippen molar-refractivity contribution >= 4 is 5.91 Å². The van der Waals surface area contributed by atoms with E-state index in [4.69, 9.17) is 9.47 Å². The molecule has 2 aliphatic rings. The number of amides is 1. The standard InChI is InChI=1S/C24H27FN2O3/c1-16-4-3-5-20(12-16)17(2)30-24-23(19-6-8-21(25)9-7-19)27(10-11-29-24)15-18-13-22(28)26-14-18/h3-9,12-13,17,23-24H,10-11,14-15H2,1-2H3,(H,26,28)/t17-,23+,24-/m1/s1. The summed E-state index contributed by atoms with van der Waals surface area (Å²) in [5, 5.41) is 2.82. The Bertz CT molecular complexity index is 928. The van der Waals surface area contributed by atoms with Gasteiger partial charge >= 0.3 is 0 Å². The summed E-state index contributed by atoms with van der Waals surface area (Å²) in [4.78, 5) is 13.8. The van der Waals surface area contributed by atoms with Gasteiger partial charge in [0, 0.05) is 25.7 Å². The molecule has 1 N–H and O–H groups in total. The summed E-state index contributed by atoms with van der Waals surface area (Å²) in [6.45, 7) is 6.48. The molecule has 1 fully saturated rings. The first-order valence-corrected chi connectivity index (χ1v) is 10.3. The van der Waals surface area contributed by atoms with E-state index >= 15 is 0 Å². The summed E-state index contributed by atoms with van der Waals surface area (Å²) in [6, 6.07) is 14.5. The highest BCUT2D eigenvalue weighted by atomic mass is 19.1. The second-order valence-electron chi connectivity index (χ2n) is 7.92. The number of benzene rings is 2. The second-order valence-corrected chi connectivity index (χ2v) is 7.92. The Morgan fingerprint density at radius 2 is 2.07 bits per heavy atom. The van der Waals surface area contributed by atoms with Crippen molar-refractivity contribution in [2.45, 2.75) is 32.3 Å². The summed E-state index contributed by atoms with van der Waals surface area (Å²) >= 11 is 0. The molecular formula is C24H27FN2O3. The first kappa shape index (κ1) is 20.7. The van der Waals surface area contributed by atoms with Crippen LogP contribution in [0.1, 0.15) is 35.8 Å². The van der Waals surface area contributed by atoms with E-state index in [1.54, 1.807) is 18.2 Å². The third-order valence-corrected chi connectivity index (χ3v) is 5.60. The highest BCUT2D eigenvalue weighted by Gasteiger charge is 2.36. The molecule has 0 aliphatic carbocycles. The number of morpholine rings is 1. The molecule has 3 atom stereocenters. The van der Waals surface area contributed by atoms with E-state index in [0.29, 0.717) is 26.2 Å². The molecule has 1 amide bonds. The fourth-order valence-corrected chi connectivity index (χ4v) is 4.06. The minimum absolute atomic E-state index is 0.0579. The average molecular weight is 410 g/mol. The molecule has 4 rings (SSSR count). The maximum atomic E-state index is 13.6. The third-order valence-electron chi connectivity index (χ3n) is 5.60. The van der Waals surface area contributed by atoms with Gasteiger partial charge in [0.05, 0.1) is 18.8 Å². The van der Waals surface area contributed by atoms with Crippen LogP contribution in [0.3, 0.4) is 0 Å². The molecule has 0 unspecified atom stereocenters. The molecule has 2 aliphatic heterocycles. The van der Waals surface area contributed by atoms with Crippen LogP contribution in [-0.2, 0) is 14.3 Å². The van der Waals surface area contributed by atoms with Gasteiger partial charge < -0.3 is 14.8 Å². The highest BCUT2D eigenvalue weighted by Crippen LogP contribution is 2.34. The number of halogens is 1. The summed E-state index contributed by atoms with van der Waals surface area (Å²) in [5.41, 5.74) is 4.21. The molecule has 2 aromatic rings. The van der Waals surface area contributed by atoms with Crippen molar-refractivity contribution in [3.8, 4) is 0 Å². The van der Waals surface area contributed by atoms with E-state index in [1.165, 1.54) is 17.7 Å². The lowest BCUT2D eigenvalue weighted by Crippen LogP contribution is -2.47. The molecule has 0 aromatic heterocycles. The van der Waals surface area contributed by atoms with Gasteiger partial charge in [-0.15, -0.1) is 0 Å². The van der Waals surface area contributed by atoms with Crippen LogP contribution in [0.4, 0.5) is 4.39 Å². The number of hydrogen-bond donors (Lipinski definition) is 1. The monoisotopic (exact) mass is 410 g/mol. The van der Waals surface area contributed by atoms with Crippen molar-refractivity contribution in [1.82, 2.24) is 10.2 Å². The number of rotatable bonds is 6. The molecule has 1 saturated heterocycles. The second kappa shape index (κ2) is 9.08. The SMILES string of the molecule is Cc1cccc([C@@H](C)O[C@H]2OCCN(CC3=CC(=O)NC3)[C@H]2c2ccc(F)cc2)c1. The Kier molecular flexibility index (Phi) is 6.27. The lowest BCUT2D eigenvalue weighted by Gasteiger charge is -2.42. The number of nitrogens with zero attached hydrogens (tertiary/aromatic N) is 1. The fraction of sp³-hybridized carbons (Fsp3) is 0.375. The van der Waals surface area contributed by atoms with Gasteiger partial charge in [0.25, 0.3) is 0 Å². The molecule has 2 heterocycles. The largest absolute Gasteiger partial charge is 0.349 e. The van der Waals surface area contributed by atoms with Gasteiger partial charge in [0.2, 0.25) is 5.91 Å². The van der Waals surface area contributed by atoms with E-state index in [2.05, 4.69) is 29.3 Å². The molecule has 5 nitrogen and oxygen atoms in total. The van der Waals surface area contributed by atoms with Crippen LogP contribution < -0.4 is 5.32 Å². The Morgan fingerprint density at radius 1 is 1.27 bits per heavy atom. The van der Waals surface area contributed by atoms with Crippen molar-refractivity contribution in [2.75, 3.05) is 26.2 Å². The van der Waals surface area contributed by atoms with Crippen LogP contribution in [-0.4, -0.2) is 43.3 Å². The van der Waals surface area contributed by atoms with E-state index < -0.39 is 6.29 Å². The number of ether oxygens (including phenoxy) is 2. The van der Waals surface area contributed by atoms with Crippen LogP contribution >= 0.6 is 0 Å². The minimum atomic E-state index is -0.509. The average Bonchev–Trinajstić information content (AvgIpc) is 3.14. The van der Waals surface area contributed by atoms with Gasteiger partial charge in [-0.1, -0.05) is 42.0 Å². The summed E-state index contributed by atoms with van der Waals surface area (Å²) in [5.74, 6) is -0.335. The zero-order valence-corrected chi connectivity index (χ0v) is 17.3. The Labute approximate surface area is 176 Å². The van der Waals surface area contributed by atoms with Crippen molar-refractivity contribution in [2.24, 2.45) is 0 Å². The van der Waals surface area contributed by atoms with Gasteiger partial charge in [0.1, 0.15) is 5.82 Å². The molecule has 6 heteroatoms. The van der Waals surface area contributed by atoms with Crippen LogP contribution in [0.2, 0.25) is 0 Å². The molecule has 2 aromatic carbocycles. The fourth-order valence-electron chi connectivity index (χ4n) is 4.06. The zero-order chi connectivity index (χ0) is 21.1. The van der Waals surface area contributed by atoms with Crippen LogP contribution in [0.25, 0.3) is 0 Å². The molecule has 0 spiro atoms. The predicted octanol–water partition coefficient (Wildman–Crippen LogP) is 3.67. The third kappa shape index (κ3) is 4.78. The van der Waals surface area contributed by atoms with Crippen LogP contribution in [0.15, 0.2) is 60.2 Å². The van der Waals surface area contributed by atoms with Crippen molar-refractivity contribution in [3.05, 3.63) is 82.7 Å². The Hall–Kier alpha value is -2.54. The lowest BCUT2D eigenvalue weighted by molar-refractivity contribution is -0.228. The number of aryl methyl sites for hydroxylation is 1. The Morgan fingerprint density at radius 3 is 2.77 bits per heavy atom. The number of hydrogen-bond acceptors (Lipinski definition) is 4. The van der Waals surface area contributed by atoms with Crippen LogP contribution in [0, 0.1) is 12.7 Å². The molecule has 30 heavy (non-hydrogen) atoms. The van der Waals surface area contributed by atoms with E-state index in [0.717, 1.165) is 16.7 Å². The summed E-state index contributed by atoms with van der Waals surface area (Å²) in [7, 11) is 0. The van der Waals surface area contributed by atoms with E-state index in [-0.39, 0.29) is 23.9 Å². The summed E-state index contributed by atoms with van der Waals surface area (Å²) in [6.07, 6.45) is 0.986. The van der Waals surface area contributed by atoms with Crippen molar-refractivity contribution in [3.63, 3.8) is 0 Å². The molecule has 158 valence electrons. The zero-order valence-electron chi connectivity index (χ0n) is 17.3. The lowest BCUT2D eigenvalue weighted by atomic mass is 10.0. The minimum Gasteiger partial charge on any atom is -0.349 e. The van der Waals surface area contributed by atoms with Crippen molar-refractivity contribution < 1.29 is 18.7 Å². The number of carbonyl (C=O) groups is 1. The van der Waals surface area contributed by atoms with Gasteiger partial charge in [-0.05, 0) is 42.7 Å². The maximum absolute atomic E-state index is 13.6. The molecule has 0 bridgehead atoms. The van der Waals surface area contributed by atoms with Crippen LogP contribution in [0.5, 0.6) is 0 Å². The van der Waals surface area contributed by atoms with Gasteiger partial charge in [0.15, 0.2) is 6.29 Å². The quantitative estimate of drug-likeness (QED) is 0.790. The highest BCUT2D eigenvalue weighted by molar-refractivity contribution is 5.91. The van der Waals surface area contributed by atoms with E-state index in [9.17, 15) is 9.18 Å². The normalized spacial score (nSPS) is 23.2. The van der Waals surface area contributed by atoms with Gasteiger partial charge in [-0.3, -0.25) is 9.69 Å². The predicted molar refractivity (Wildman–Crippen MR) is 112 cm³/mol. The smallest absolute Gasteiger partial charge is 0.244 e. The maximum Gasteiger partial charge on any atom is 0.244 e. The van der Waals surface area contributed by atoms with Gasteiger partial charge in [-0.2, -0.15) is 0 Å². The number of nitrogens with one attached hydrogen (secondary N) is 1. The Balaban J connectivity index is 1.59. The van der Waals surface area contributed by atoms with Gasteiger partial charge in [-0.25, -0.2) is 4.39 Å². The first-order valence-electron chi connectivity index (χ1n) is 10.3. The molecule has 0 saturated carbocycles. The summed E-state index contributed by atoms with van der Waals surface area (Å²) < 4.78 is 26.0. The van der Waals surface area contributed by atoms with Crippen molar-refractivity contribution in [1.29, 1.82) is 0 Å². The molecular weight excluding hydrogens is 383 g/mol. The topological polar surface area (TPSA) is 50.8 Å². The molecule has 0 radical (unpaired) electrons.